The molecule has 2 saturated heterocycles. The SMILES string of the molecule is Cc1c(Cl)cccc1N1C(=O)[C@H]2[C@@H](c3sc(=O)n(-c4ccccc4)c3Cl)N(c3ccccc3)O[C@H]2C1=O. The molecule has 1 aromatic heterocycles. The van der Waals surface area contributed by atoms with Crippen molar-refractivity contribution in [1.82, 2.24) is 4.57 Å². The highest BCUT2D eigenvalue weighted by Crippen LogP contribution is 2.50. The van der Waals surface area contributed by atoms with Crippen molar-refractivity contribution in [2.75, 3.05) is 9.96 Å². The molecule has 3 atom stereocenters. The fourth-order valence-corrected chi connectivity index (χ4v) is 6.54. The van der Waals surface area contributed by atoms with E-state index in [-0.39, 0.29) is 10.0 Å². The quantitative estimate of drug-likeness (QED) is 0.310. The van der Waals surface area contributed by atoms with E-state index < -0.39 is 29.9 Å². The number of carbonyl (C=O) groups excluding carboxylic acids is 2. The number of aromatic nitrogens is 1. The smallest absolute Gasteiger partial charge is 0.273 e. The van der Waals surface area contributed by atoms with Crippen molar-refractivity contribution < 1.29 is 14.4 Å². The van der Waals surface area contributed by atoms with Crippen molar-refractivity contribution in [3.05, 3.63) is 109 Å². The number of thiazole rings is 1. The number of hydrogen-bond acceptors (Lipinski definition) is 6. The number of rotatable bonds is 4. The minimum absolute atomic E-state index is 0.175. The van der Waals surface area contributed by atoms with Crippen LogP contribution in [0, 0.1) is 12.8 Å². The van der Waals surface area contributed by atoms with Crippen LogP contribution in [-0.2, 0) is 14.4 Å². The maximum Gasteiger partial charge on any atom is 0.313 e. The number of amides is 2. The molecule has 0 radical (unpaired) electrons. The molecule has 3 heterocycles. The van der Waals surface area contributed by atoms with E-state index in [9.17, 15) is 14.4 Å². The van der Waals surface area contributed by atoms with Gasteiger partial charge in [0.2, 0.25) is 5.91 Å². The predicted molar refractivity (Wildman–Crippen MR) is 144 cm³/mol. The van der Waals surface area contributed by atoms with Gasteiger partial charge in [0.05, 0.1) is 21.9 Å². The summed E-state index contributed by atoms with van der Waals surface area (Å²) in [5.74, 6) is -1.85. The first-order valence-corrected chi connectivity index (χ1v) is 13.1. The van der Waals surface area contributed by atoms with Gasteiger partial charge in [0.15, 0.2) is 6.10 Å². The molecule has 0 saturated carbocycles. The molecular formula is C27H19Cl2N3O4S. The molecule has 2 aliphatic rings. The molecule has 4 aromatic rings. The molecule has 0 aliphatic carbocycles. The zero-order valence-corrected chi connectivity index (χ0v) is 21.7. The van der Waals surface area contributed by atoms with E-state index >= 15 is 0 Å². The number of benzene rings is 3. The van der Waals surface area contributed by atoms with Gasteiger partial charge in [-0.25, -0.2) is 9.96 Å². The Hall–Kier alpha value is -3.43. The molecule has 10 heteroatoms. The van der Waals surface area contributed by atoms with Crippen LogP contribution in [0.2, 0.25) is 10.2 Å². The molecule has 2 amide bonds. The Kier molecular flexibility index (Phi) is 5.92. The lowest BCUT2D eigenvalue weighted by atomic mass is 9.95. The van der Waals surface area contributed by atoms with Crippen molar-refractivity contribution in [1.29, 1.82) is 0 Å². The van der Waals surface area contributed by atoms with Gasteiger partial charge in [-0.3, -0.25) is 23.8 Å². The molecular weight excluding hydrogens is 533 g/mol. The van der Waals surface area contributed by atoms with Gasteiger partial charge in [-0.2, -0.15) is 0 Å². The Morgan fingerprint density at radius 3 is 2.14 bits per heavy atom. The summed E-state index contributed by atoms with van der Waals surface area (Å²) < 4.78 is 1.40. The van der Waals surface area contributed by atoms with E-state index in [1.807, 2.05) is 48.5 Å². The number of para-hydroxylation sites is 2. The predicted octanol–water partition coefficient (Wildman–Crippen LogP) is 5.57. The average molecular weight is 552 g/mol. The Balaban J connectivity index is 1.50. The Morgan fingerprint density at radius 1 is 0.811 bits per heavy atom. The van der Waals surface area contributed by atoms with Gasteiger partial charge in [0.1, 0.15) is 17.1 Å². The molecule has 2 aliphatic heterocycles. The van der Waals surface area contributed by atoms with E-state index in [2.05, 4.69) is 0 Å². The zero-order chi connectivity index (χ0) is 25.8. The van der Waals surface area contributed by atoms with Crippen LogP contribution in [-0.4, -0.2) is 22.5 Å². The second-order valence-corrected chi connectivity index (χ2v) is 10.5. The van der Waals surface area contributed by atoms with E-state index in [4.69, 9.17) is 28.0 Å². The van der Waals surface area contributed by atoms with Crippen molar-refractivity contribution in [2.24, 2.45) is 5.92 Å². The normalized spacial score (nSPS) is 21.1. The average Bonchev–Trinajstić information content (AvgIpc) is 3.51. The lowest BCUT2D eigenvalue weighted by Crippen LogP contribution is -2.37. The third-order valence-electron chi connectivity index (χ3n) is 6.67. The fourth-order valence-electron chi connectivity index (χ4n) is 4.91. The summed E-state index contributed by atoms with van der Waals surface area (Å²) in [5, 5.41) is 2.15. The Labute approximate surface area is 226 Å². The lowest BCUT2D eigenvalue weighted by molar-refractivity contribution is -0.126. The summed E-state index contributed by atoms with van der Waals surface area (Å²) in [6, 6.07) is 22.4. The van der Waals surface area contributed by atoms with Crippen LogP contribution < -0.4 is 14.8 Å². The zero-order valence-electron chi connectivity index (χ0n) is 19.4. The van der Waals surface area contributed by atoms with Gasteiger partial charge in [-0.1, -0.05) is 77.0 Å². The summed E-state index contributed by atoms with van der Waals surface area (Å²) in [7, 11) is 0. The van der Waals surface area contributed by atoms with Crippen LogP contribution in [0.5, 0.6) is 0 Å². The van der Waals surface area contributed by atoms with Gasteiger partial charge in [0, 0.05) is 5.02 Å². The molecule has 0 bridgehead atoms. The second-order valence-electron chi connectivity index (χ2n) is 8.75. The summed E-state index contributed by atoms with van der Waals surface area (Å²) >= 11 is 14.1. The first-order valence-electron chi connectivity index (χ1n) is 11.5. The molecule has 0 N–H and O–H groups in total. The number of hydroxylamine groups is 1. The molecule has 0 unspecified atom stereocenters. The highest BCUT2D eigenvalue weighted by Gasteiger charge is 2.61. The summed E-state index contributed by atoms with van der Waals surface area (Å²) in [4.78, 5) is 48.1. The standard InChI is InChI=1S/C27H19Cl2N3O4S/c1-15-18(28)13-8-14-19(15)31-25(33)20-21(32(36-22(20)26(31)34)17-11-6-3-7-12-17)23-24(29)30(27(35)37-23)16-9-4-2-5-10-16/h2-14,20-22H,1H3/t20-,21-,22+/m0/s1. The highest BCUT2D eigenvalue weighted by atomic mass is 35.5. The van der Waals surface area contributed by atoms with E-state index in [0.717, 1.165) is 16.2 Å². The Bertz CT molecular complexity index is 1590. The molecule has 186 valence electrons. The maximum absolute atomic E-state index is 13.9. The third kappa shape index (κ3) is 3.71. The lowest BCUT2D eigenvalue weighted by Gasteiger charge is -2.28. The molecule has 7 nitrogen and oxygen atoms in total. The van der Waals surface area contributed by atoms with Crippen LogP contribution in [0.1, 0.15) is 16.5 Å². The topological polar surface area (TPSA) is 71.8 Å². The fraction of sp³-hybridized carbons (Fsp3) is 0.148. The van der Waals surface area contributed by atoms with Crippen LogP contribution >= 0.6 is 34.5 Å². The van der Waals surface area contributed by atoms with Gasteiger partial charge < -0.3 is 0 Å². The number of imide groups is 1. The van der Waals surface area contributed by atoms with Gasteiger partial charge in [-0.15, -0.1) is 0 Å². The highest BCUT2D eigenvalue weighted by molar-refractivity contribution is 7.10. The molecule has 3 aromatic carbocycles. The Morgan fingerprint density at radius 2 is 1.46 bits per heavy atom. The van der Waals surface area contributed by atoms with Crippen LogP contribution in [0.3, 0.4) is 0 Å². The molecule has 2 fully saturated rings. The van der Waals surface area contributed by atoms with Gasteiger partial charge in [-0.05, 0) is 48.9 Å². The molecule has 37 heavy (non-hydrogen) atoms. The van der Waals surface area contributed by atoms with Crippen molar-refractivity contribution >= 4 is 57.7 Å². The minimum atomic E-state index is -1.09. The number of halogens is 2. The largest absolute Gasteiger partial charge is 0.313 e. The van der Waals surface area contributed by atoms with Crippen LogP contribution in [0.4, 0.5) is 11.4 Å². The number of hydrogen-bond donors (Lipinski definition) is 0. The molecule has 6 rings (SSSR count). The van der Waals surface area contributed by atoms with Crippen LogP contribution in [0.15, 0.2) is 83.7 Å². The summed E-state index contributed by atoms with van der Waals surface area (Å²) in [5.41, 5.74) is 2.26. The van der Waals surface area contributed by atoms with Crippen LogP contribution in [0.25, 0.3) is 5.69 Å². The maximum atomic E-state index is 13.9. The number of carbonyl (C=O) groups is 2. The van der Waals surface area contributed by atoms with E-state index in [1.165, 1.54) is 9.63 Å². The number of nitrogens with zero attached hydrogens (tertiary/aromatic N) is 3. The summed E-state index contributed by atoms with van der Waals surface area (Å²) in [6.45, 7) is 1.75. The first-order chi connectivity index (χ1) is 17.9. The summed E-state index contributed by atoms with van der Waals surface area (Å²) in [6.07, 6.45) is -1.09. The van der Waals surface area contributed by atoms with Crippen molar-refractivity contribution in [3.63, 3.8) is 0 Å². The van der Waals surface area contributed by atoms with Gasteiger partial charge >= 0.3 is 4.87 Å². The third-order valence-corrected chi connectivity index (χ3v) is 8.57. The second kappa shape index (κ2) is 9.15. The monoisotopic (exact) mass is 551 g/mol. The van der Waals surface area contributed by atoms with E-state index in [0.29, 0.717) is 32.5 Å². The number of fused-ring (bicyclic) bond motifs is 1. The van der Waals surface area contributed by atoms with Crippen molar-refractivity contribution in [2.45, 2.75) is 19.1 Å². The number of anilines is 2. The van der Waals surface area contributed by atoms with Gasteiger partial charge in [0.25, 0.3) is 5.91 Å². The first kappa shape index (κ1) is 23.9. The minimum Gasteiger partial charge on any atom is -0.273 e. The molecule has 0 spiro atoms. The van der Waals surface area contributed by atoms with Crippen molar-refractivity contribution in [3.8, 4) is 5.69 Å². The van der Waals surface area contributed by atoms with E-state index in [1.54, 1.807) is 37.3 Å².